The number of amides is 2. The van der Waals surface area contributed by atoms with Crippen LogP contribution in [-0.4, -0.2) is 11.0 Å². The summed E-state index contributed by atoms with van der Waals surface area (Å²) < 4.78 is 5.70. The average molecular weight is 316 g/mol. The second-order valence-electron chi connectivity index (χ2n) is 4.61. The number of rotatable bonds is 4. The Hall–Kier alpha value is -2.60. The first kappa shape index (κ1) is 18.4. The Morgan fingerprint density at radius 2 is 1.87 bits per heavy atom. The molecule has 2 rings (SSSR count). The van der Waals surface area contributed by atoms with Crippen LogP contribution in [0.3, 0.4) is 0 Å². The van der Waals surface area contributed by atoms with Gasteiger partial charge in [0.2, 0.25) is 5.88 Å². The molecule has 1 heterocycles. The maximum atomic E-state index is 11.4. The van der Waals surface area contributed by atoms with E-state index < -0.39 is 6.03 Å². The van der Waals surface area contributed by atoms with Gasteiger partial charge in [-0.3, -0.25) is 5.43 Å². The molecule has 6 nitrogen and oxygen atoms in total. The predicted octanol–water partition coefficient (Wildman–Crippen LogP) is 3.30. The van der Waals surface area contributed by atoms with Crippen LogP contribution in [0.4, 0.5) is 10.5 Å². The van der Waals surface area contributed by atoms with Crippen LogP contribution in [-0.2, 0) is 6.61 Å². The fraction of sp³-hybridized carbons (Fsp3) is 0.294. The van der Waals surface area contributed by atoms with Crippen molar-refractivity contribution in [2.24, 2.45) is 5.84 Å². The number of carbonyl (C=O) groups is 1. The van der Waals surface area contributed by atoms with Crippen LogP contribution >= 0.6 is 0 Å². The molecule has 6 heteroatoms. The summed E-state index contributed by atoms with van der Waals surface area (Å²) in [6.07, 6.45) is 0. The number of hydrogen-bond acceptors (Lipinski definition) is 4. The minimum atomic E-state index is -0.476. The van der Waals surface area contributed by atoms with Gasteiger partial charge in [-0.1, -0.05) is 32.0 Å². The molecule has 0 fully saturated rings. The van der Waals surface area contributed by atoms with Crippen molar-refractivity contribution in [1.82, 2.24) is 10.4 Å². The molecule has 0 saturated heterocycles. The molecule has 4 N–H and O–H groups in total. The summed E-state index contributed by atoms with van der Waals surface area (Å²) in [5, 5.41) is 2.67. The Kier molecular flexibility index (Phi) is 7.56. The second-order valence-corrected chi connectivity index (χ2v) is 4.61. The number of aromatic nitrogens is 1. The number of carbonyl (C=O) groups excluding carboxylic acids is 1. The first-order chi connectivity index (χ1) is 11.1. The van der Waals surface area contributed by atoms with Gasteiger partial charge in [0.1, 0.15) is 6.61 Å². The molecular weight excluding hydrogens is 292 g/mol. The van der Waals surface area contributed by atoms with E-state index in [-0.39, 0.29) is 0 Å². The Morgan fingerprint density at radius 1 is 1.17 bits per heavy atom. The molecule has 2 amide bonds. The summed E-state index contributed by atoms with van der Waals surface area (Å²) in [6.45, 7) is 8.16. The maximum absolute atomic E-state index is 11.4. The van der Waals surface area contributed by atoms with E-state index in [4.69, 9.17) is 10.6 Å². The molecule has 0 bridgehead atoms. The van der Waals surface area contributed by atoms with Crippen LogP contribution < -0.4 is 21.3 Å². The summed E-state index contributed by atoms with van der Waals surface area (Å²) in [6, 6.07) is 10.7. The Balaban J connectivity index is 0.00000127. The van der Waals surface area contributed by atoms with Gasteiger partial charge in [-0.2, -0.15) is 0 Å². The van der Waals surface area contributed by atoms with E-state index in [9.17, 15) is 4.79 Å². The van der Waals surface area contributed by atoms with Crippen molar-refractivity contribution in [3.8, 4) is 5.88 Å². The monoisotopic (exact) mass is 316 g/mol. The summed E-state index contributed by atoms with van der Waals surface area (Å²) in [7, 11) is 0. The van der Waals surface area contributed by atoms with E-state index in [0.717, 1.165) is 16.8 Å². The lowest BCUT2D eigenvalue weighted by atomic mass is 10.1. The van der Waals surface area contributed by atoms with Gasteiger partial charge in [0, 0.05) is 23.0 Å². The smallest absolute Gasteiger partial charge is 0.333 e. The zero-order chi connectivity index (χ0) is 17.2. The molecule has 0 radical (unpaired) electrons. The summed E-state index contributed by atoms with van der Waals surface area (Å²) >= 11 is 0. The third-order valence-electron chi connectivity index (χ3n) is 3.02. The van der Waals surface area contributed by atoms with Gasteiger partial charge in [-0.05, 0) is 31.5 Å². The highest BCUT2D eigenvalue weighted by atomic mass is 16.5. The minimum Gasteiger partial charge on any atom is -0.473 e. The standard InChI is InChI=1S/C15H18N4O2.C2H6/c1-10-5-3-7-13(18-15(20)19-16)12(10)9-21-14-8-4-6-11(2)17-14;1-2/h3-8H,9,16H2,1-2H3,(H2,18,19,20);1-2H3. The Morgan fingerprint density at radius 3 is 2.52 bits per heavy atom. The number of benzene rings is 1. The molecular formula is C17H24N4O2. The van der Waals surface area contributed by atoms with Gasteiger partial charge >= 0.3 is 6.03 Å². The van der Waals surface area contributed by atoms with E-state index in [1.165, 1.54) is 0 Å². The highest BCUT2D eigenvalue weighted by molar-refractivity contribution is 5.89. The van der Waals surface area contributed by atoms with E-state index >= 15 is 0 Å². The zero-order valence-corrected chi connectivity index (χ0v) is 14.0. The number of ether oxygens (including phenoxy) is 1. The number of nitrogens with zero attached hydrogens (tertiary/aromatic N) is 1. The molecule has 0 spiro atoms. The number of urea groups is 1. The highest BCUT2D eigenvalue weighted by Crippen LogP contribution is 2.21. The SMILES string of the molecule is CC.Cc1cccc(OCc2c(C)cccc2NC(=O)NN)n1. The lowest BCUT2D eigenvalue weighted by Crippen LogP contribution is -2.34. The van der Waals surface area contributed by atoms with E-state index in [1.54, 1.807) is 12.1 Å². The number of aryl methyl sites for hydroxylation is 2. The number of nitrogens with one attached hydrogen (secondary N) is 2. The molecule has 0 aliphatic carbocycles. The van der Waals surface area contributed by atoms with Crippen molar-refractivity contribution in [3.05, 3.63) is 53.2 Å². The van der Waals surface area contributed by atoms with Crippen molar-refractivity contribution >= 4 is 11.7 Å². The zero-order valence-electron chi connectivity index (χ0n) is 14.0. The topological polar surface area (TPSA) is 89.3 Å². The lowest BCUT2D eigenvalue weighted by molar-refractivity contribution is 0.252. The fourth-order valence-electron chi connectivity index (χ4n) is 1.91. The van der Waals surface area contributed by atoms with E-state index in [0.29, 0.717) is 18.2 Å². The van der Waals surface area contributed by atoms with Crippen molar-refractivity contribution in [3.63, 3.8) is 0 Å². The highest BCUT2D eigenvalue weighted by Gasteiger charge is 2.09. The third kappa shape index (κ3) is 5.60. The van der Waals surface area contributed by atoms with Crippen molar-refractivity contribution in [2.45, 2.75) is 34.3 Å². The number of pyridine rings is 1. The van der Waals surface area contributed by atoms with Crippen LogP contribution in [0.2, 0.25) is 0 Å². The molecule has 0 atom stereocenters. The normalized spacial score (nSPS) is 9.43. The Labute approximate surface area is 137 Å². The third-order valence-corrected chi connectivity index (χ3v) is 3.02. The lowest BCUT2D eigenvalue weighted by Gasteiger charge is -2.14. The fourth-order valence-corrected chi connectivity index (χ4v) is 1.91. The van der Waals surface area contributed by atoms with Crippen LogP contribution in [0.1, 0.15) is 30.7 Å². The van der Waals surface area contributed by atoms with Gasteiger partial charge in [-0.15, -0.1) is 0 Å². The molecule has 1 aromatic heterocycles. The predicted molar refractivity (Wildman–Crippen MR) is 92.2 cm³/mol. The van der Waals surface area contributed by atoms with Crippen molar-refractivity contribution in [1.29, 1.82) is 0 Å². The average Bonchev–Trinajstić information content (AvgIpc) is 2.56. The summed E-state index contributed by atoms with van der Waals surface area (Å²) in [4.78, 5) is 15.6. The molecule has 23 heavy (non-hydrogen) atoms. The number of hydrazine groups is 1. The molecule has 1 aromatic carbocycles. The first-order valence-corrected chi connectivity index (χ1v) is 7.52. The number of anilines is 1. The van der Waals surface area contributed by atoms with Crippen LogP contribution in [0.5, 0.6) is 5.88 Å². The largest absolute Gasteiger partial charge is 0.473 e. The van der Waals surface area contributed by atoms with Crippen molar-refractivity contribution < 1.29 is 9.53 Å². The van der Waals surface area contributed by atoms with E-state index in [2.05, 4.69) is 10.3 Å². The van der Waals surface area contributed by atoms with Crippen LogP contribution in [0, 0.1) is 13.8 Å². The summed E-state index contributed by atoms with van der Waals surface area (Å²) in [5.74, 6) is 5.63. The molecule has 0 unspecified atom stereocenters. The van der Waals surface area contributed by atoms with Crippen LogP contribution in [0.15, 0.2) is 36.4 Å². The van der Waals surface area contributed by atoms with Crippen LogP contribution in [0.25, 0.3) is 0 Å². The Bertz CT molecular complexity index is 644. The number of hydrogen-bond donors (Lipinski definition) is 3. The molecule has 124 valence electrons. The molecule has 0 aliphatic heterocycles. The molecule has 0 aliphatic rings. The number of nitrogens with two attached hydrogens (primary N) is 1. The van der Waals surface area contributed by atoms with Gasteiger partial charge in [0.25, 0.3) is 0 Å². The second kappa shape index (κ2) is 9.42. The molecule has 2 aromatic rings. The van der Waals surface area contributed by atoms with Crippen molar-refractivity contribution in [2.75, 3.05) is 5.32 Å². The van der Waals surface area contributed by atoms with Gasteiger partial charge < -0.3 is 10.1 Å². The maximum Gasteiger partial charge on any atom is 0.333 e. The molecule has 0 saturated carbocycles. The summed E-state index contributed by atoms with van der Waals surface area (Å²) in [5.41, 5.74) is 5.47. The van der Waals surface area contributed by atoms with E-state index in [1.807, 2.05) is 57.4 Å². The minimum absolute atomic E-state index is 0.309. The quantitative estimate of drug-likeness (QED) is 0.459. The van der Waals surface area contributed by atoms with Gasteiger partial charge in [0.15, 0.2) is 0 Å². The van der Waals surface area contributed by atoms with Gasteiger partial charge in [0.05, 0.1) is 0 Å². The van der Waals surface area contributed by atoms with Gasteiger partial charge in [-0.25, -0.2) is 15.6 Å². The first-order valence-electron chi connectivity index (χ1n) is 7.52.